The number of carboxylic acids is 5. The predicted molar refractivity (Wildman–Crippen MR) is 561 cm³/mol. The minimum atomic E-state index is -1.09. The number of benzene rings is 8. The molecule has 0 saturated carbocycles. The van der Waals surface area contributed by atoms with Crippen molar-refractivity contribution < 1.29 is 121 Å². The van der Waals surface area contributed by atoms with E-state index in [1.54, 1.807) is 119 Å². The Labute approximate surface area is 865 Å². The van der Waals surface area contributed by atoms with Gasteiger partial charge < -0.3 is 49.2 Å². The van der Waals surface area contributed by atoms with Crippen LogP contribution >= 0.6 is 23.5 Å². The molecule has 5 heterocycles. The molecule has 10 atom stereocenters. The average molecular weight is 2060 g/mol. The van der Waals surface area contributed by atoms with Gasteiger partial charge in [-0.05, 0) is 224 Å². The number of ether oxygens (including phenoxy) is 5. The van der Waals surface area contributed by atoms with Crippen LogP contribution < -0.4 is 51.1 Å². The molecule has 147 heavy (non-hydrogen) atoms. The minimum absolute atomic E-state index is 0.246. The molecule has 13 rings (SSSR count). The third kappa shape index (κ3) is 36.4. The Morgan fingerprint density at radius 3 is 0.755 bits per heavy atom. The van der Waals surface area contributed by atoms with Crippen molar-refractivity contribution in [2.24, 2.45) is 0 Å². The summed E-state index contributed by atoms with van der Waals surface area (Å²) in [4.78, 5) is 192. The highest BCUT2D eigenvalue weighted by molar-refractivity contribution is 7.98. The van der Waals surface area contributed by atoms with Crippen LogP contribution in [0.15, 0.2) is 212 Å². The zero-order valence-electron chi connectivity index (χ0n) is 84.1. The number of hydrogen-bond acceptors (Lipinski definition) is 27. The van der Waals surface area contributed by atoms with Crippen molar-refractivity contribution in [3.8, 4) is 0 Å². The molecule has 1 unspecified atom stereocenters. The second-order valence-corrected chi connectivity index (χ2v) is 37.2. The number of anilines is 5. The highest BCUT2D eigenvalue weighted by atomic mass is 32.2. The fourth-order valence-electron chi connectivity index (χ4n) is 17.8. The van der Waals surface area contributed by atoms with E-state index in [2.05, 4.69) is 26.6 Å². The van der Waals surface area contributed by atoms with Crippen molar-refractivity contribution in [1.82, 2.24) is 26.6 Å². The number of para-hydroxylation sites is 5. The Morgan fingerprint density at radius 1 is 0.299 bits per heavy atom. The Bertz CT molecular complexity index is 5540. The number of nitrogens with one attached hydrogen (secondary N) is 5. The molecule has 0 radical (unpaired) electrons. The highest BCUT2D eigenvalue weighted by Gasteiger charge is 2.42. The second kappa shape index (κ2) is 61.7. The van der Waals surface area contributed by atoms with Crippen molar-refractivity contribution in [2.75, 3.05) is 108 Å². The molecule has 5 amide bonds. The zero-order chi connectivity index (χ0) is 106. The number of amides is 5. The number of aliphatic carboxylic acids is 5. The Balaban J connectivity index is 0.000000205. The minimum Gasteiger partial charge on any atom is -0.480 e. The van der Waals surface area contributed by atoms with E-state index in [1.807, 2.05) is 165 Å². The number of carbonyl (C=O) groups is 15. The first-order valence-electron chi connectivity index (χ1n) is 49.8. The van der Waals surface area contributed by atoms with Gasteiger partial charge in [-0.1, -0.05) is 195 Å². The van der Waals surface area contributed by atoms with Crippen LogP contribution in [0.5, 0.6) is 0 Å². The molecule has 0 aliphatic carbocycles. The van der Waals surface area contributed by atoms with Crippen LogP contribution in [-0.4, -0.2) is 259 Å². The SMILES string of the molecule is CCC[C@H](N[C@H]1CCc2ccccc2N(CC(=O)O)C1=O)C(=O)OCC.CCOC(=O)C(CCc1ccccc1)N[C@H]1CCc2ccccc2N(CC(=O)O)C1=O.CCOC(=O)[C@H](CCSC)N[C@H]1CCc2ccccc2N(CC(=O)O)C1=O.CCOC(=O)[C@H](CCc1ccccc1)N[C@H]1CCc2ccccc2N(CC(=O)O)C1=O.CCOC(=O)[C@H](CSCc1ccccc1)N[C@H]1CCc2ccccc2N(CC(=O)O)C1=O. The molecule has 0 spiro atoms. The van der Waals surface area contributed by atoms with Crippen LogP contribution in [0.25, 0.3) is 0 Å². The van der Waals surface area contributed by atoms with Gasteiger partial charge in [0, 0.05) is 39.9 Å². The first-order valence-corrected chi connectivity index (χ1v) is 52.3. The molecule has 8 aromatic carbocycles. The maximum Gasteiger partial charge on any atom is 0.324 e. The third-order valence-electron chi connectivity index (χ3n) is 24.8. The summed E-state index contributed by atoms with van der Waals surface area (Å²) in [6, 6.07) is 59.6. The second-order valence-electron chi connectivity index (χ2n) is 35.2. The van der Waals surface area contributed by atoms with E-state index in [0.717, 1.165) is 62.4 Å². The first-order chi connectivity index (χ1) is 70.9. The Hall–Kier alpha value is -13.7. The van der Waals surface area contributed by atoms with Crippen molar-refractivity contribution in [3.63, 3.8) is 0 Å². The monoisotopic (exact) mass is 2060 g/mol. The van der Waals surface area contributed by atoms with Gasteiger partial charge in [0.2, 0.25) is 29.5 Å². The maximum absolute atomic E-state index is 13.3. The van der Waals surface area contributed by atoms with Gasteiger partial charge >= 0.3 is 59.7 Å². The van der Waals surface area contributed by atoms with Crippen molar-refractivity contribution in [2.45, 2.75) is 217 Å². The molecule has 0 bridgehead atoms. The number of thioether (sulfide) groups is 2. The van der Waals surface area contributed by atoms with Gasteiger partial charge in [0.05, 0.1) is 63.2 Å². The normalized spacial score (nSPS) is 17.2. The summed E-state index contributed by atoms with van der Waals surface area (Å²) in [6.45, 7) is 9.84. The predicted octanol–water partition coefficient (Wildman–Crippen LogP) is 11.5. The van der Waals surface area contributed by atoms with E-state index in [4.69, 9.17) is 23.7 Å². The van der Waals surface area contributed by atoms with Crippen LogP contribution in [0.4, 0.5) is 28.4 Å². The lowest BCUT2D eigenvalue weighted by Crippen LogP contribution is -2.53. The molecule has 0 fully saturated rings. The summed E-state index contributed by atoms with van der Waals surface area (Å²) in [5, 5.41) is 62.3. The smallest absolute Gasteiger partial charge is 0.324 e. The van der Waals surface area contributed by atoms with Gasteiger partial charge in [0.25, 0.3) is 0 Å². The lowest BCUT2D eigenvalue weighted by molar-refractivity contribution is -0.147. The molecular weight excluding hydrogens is 1930 g/mol. The molecule has 788 valence electrons. The summed E-state index contributed by atoms with van der Waals surface area (Å²) in [6.07, 6.45) is 11.5. The number of aryl methyl sites for hydroxylation is 7. The van der Waals surface area contributed by atoms with Gasteiger partial charge in [-0.3, -0.25) is 123 Å². The van der Waals surface area contributed by atoms with Gasteiger partial charge in [-0.15, -0.1) is 0 Å². The topological polar surface area (TPSA) is 480 Å². The van der Waals surface area contributed by atoms with E-state index in [1.165, 1.54) is 24.5 Å². The quantitative estimate of drug-likeness (QED) is 0.0125. The number of rotatable bonds is 45. The number of nitrogens with zero attached hydrogens (tertiary/aromatic N) is 5. The number of hydrogen-bond donors (Lipinski definition) is 10. The molecule has 0 aromatic heterocycles. The molecule has 5 aliphatic heterocycles. The standard InChI is InChI=1S/C24H28N2O5S.2C24H28N2O5.C19H26N2O5S.C19H26N2O5/c1-2-31-24(30)20(16-32-15-17-8-4-3-5-9-17)25-19-13-12-18-10-6-7-11-21(18)26(23(19)29)14-22(27)28;2*1-2-31-24(30)20(14-12-17-8-4-3-5-9-17)25-19-15-13-18-10-6-7-11-21(18)26(23(19)29)16-22(27)28;1-3-26-19(25)15(10-11-27-2)20-14-9-8-13-6-4-5-7-16(13)21(18(14)24)12-17(22)23;1-3-7-15(19(25)26-4-2)20-14-11-10-13-8-5-6-9-16(13)21(18(14)24)12-17(22)23/h3-11,19-20,25H,2,12-16H2,1H3,(H,27,28);2*3-11,19-20,25H,2,12-16H2,1H3,(H,27,28);4-7,14-15,20H,3,8-12H2,1-2H3,(H,22,23);5-6,8-9,14-15,20H,3-4,7,10-12H2,1-2H3,(H,22,23)/t19-,20-;19-,20?;19-,20-;2*14-,15-/m00000/s1. The van der Waals surface area contributed by atoms with Crippen LogP contribution in [0.2, 0.25) is 0 Å². The largest absolute Gasteiger partial charge is 0.480 e. The van der Waals surface area contributed by atoms with Gasteiger partial charge in [-0.2, -0.15) is 23.5 Å². The summed E-state index contributed by atoms with van der Waals surface area (Å²) in [5.74, 6) is -7.20. The Kier molecular flexibility index (Phi) is 49.0. The van der Waals surface area contributed by atoms with Gasteiger partial charge in [-0.25, -0.2) is 0 Å². The van der Waals surface area contributed by atoms with Crippen molar-refractivity contribution >= 4 is 141 Å². The Morgan fingerprint density at radius 2 is 0.517 bits per heavy atom. The molecule has 8 aromatic rings. The van der Waals surface area contributed by atoms with Gasteiger partial charge in [0.1, 0.15) is 62.9 Å². The fourth-order valence-corrected chi connectivity index (χ4v) is 19.3. The van der Waals surface area contributed by atoms with Crippen LogP contribution in [-0.2, 0) is 146 Å². The molecule has 0 saturated heterocycles. The average Bonchev–Trinajstić information content (AvgIpc) is 1.71. The molecule has 35 nitrogen and oxygen atoms in total. The van der Waals surface area contributed by atoms with Crippen molar-refractivity contribution in [3.05, 3.63) is 257 Å². The molecular formula is C110H136N10O25S2. The summed E-state index contributed by atoms with van der Waals surface area (Å²) < 4.78 is 25.9. The first kappa shape index (κ1) is 117. The van der Waals surface area contributed by atoms with E-state index < -0.39 is 141 Å². The summed E-state index contributed by atoms with van der Waals surface area (Å²) in [7, 11) is 0. The third-order valence-corrected chi connectivity index (χ3v) is 26.5. The fraction of sp³-hybridized carbons (Fsp3) is 0.427. The number of fused-ring (bicyclic) bond motifs is 5. The number of carboxylic acid groups (broad SMARTS) is 5. The van der Waals surface area contributed by atoms with Crippen LogP contribution in [0.1, 0.15) is 150 Å². The summed E-state index contributed by atoms with van der Waals surface area (Å²) in [5.41, 5.74) is 11.0. The highest BCUT2D eigenvalue weighted by Crippen LogP contribution is 2.34. The van der Waals surface area contributed by atoms with E-state index in [0.29, 0.717) is 137 Å². The summed E-state index contributed by atoms with van der Waals surface area (Å²) >= 11 is 3.19. The zero-order valence-corrected chi connectivity index (χ0v) is 85.8. The lowest BCUT2D eigenvalue weighted by Gasteiger charge is -2.27. The molecule has 5 aliphatic rings. The van der Waals surface area contributed by atoms with Crippen molar-refractivity contribution in [1.29, 1.82) is 0 Å². The van der Waals surface area contributed by atoms with E-state index in [9.17, 15) is 97.5 Å². The van der Waals surface area contributed by atoms with Crippen LogP contribution in [0, 0.1) is 0 Å². The maximum atomic E-state index is 13.3. The molecule has 10 N–H and O–H groups in total. The lowest BCUT2D eigenvalue weighted by atomic mass is 10.0. The number of esters is 5. The van der Waals surface area contributed by atoms with Crippen LogP contribution in [0.3, 0.4) is 0 Å². The van der Waals surface area contributed by atoms with E-state index in [-0.39, 0.29) is 74.5 Å². The number of carbonyl (C=O) groups excluding carboxylic acids is 10. The van der Waals surface area contributed by atoms with E-state index >= 15 is 0 Å². The van der Waals surface area contributed by atoms with Gasteiger partial charge in [0.15, 0.2) is 0 Å². The molecule has 37 heteroatoms.